The summed E-state index contributed by atoms with van der Waals surface area (Å²) in [5.74, 6) is -0.155. The summed E-state index contributed by atoms with van der Waals surface area (Å²) in [7, 11) is 3.26. The molecule has 2 N–H and O–H groups in total. The van der Waals surface area contributed by atoms with Gasteiger partial charge in [-0.2, -0.15) is 0 Å². The second kappa shape index (κ2) is 9.98. The number of ether oxygens (including phenoxy) is 1. The predicted molar refractivity (Wildman–Crippen MR) is 102 cm³/mol. The normalized spacial score (nSPS) is 11.8. The van der Waals surface area contributed by atoms with E-state index < -0.39 is 6.36 Å². The molecular formula is C18H21F3N4O2S. The highest BCUT2D eigenvalue weighted by atomic mass is 32.1. The molecule has 1 amide bonds. The van der Waals surface area contributed by atoms with Crippen LogP contribution in [0.3, 0.4) is 0 Å². The number of aliphatic imine (C=N–C) groups is 1. The Morgan fingerprint density at radius 3 is 2.57 bits per heavy atom. The predicted octanol–water partition coefficient (Wildman–Crippen LogP) is 2.97. The number of carbonyl (C=O) groups excluding carboxylic acids is 1. The number of halogens is 3. The van der Waals surface area contributed by atoms with Gasteiger partial charge in [-0.1, -0.05) is 24.3 Å². The molecule has 0 radical (unpaired) electrons. The SMILES string of the molecule is CN(C)C(=O)CNC(=NCc1ccccc1OC(F)(F)F)NCc1cccs1. The van der Waals surface area contributed by atoms with Gasteiger partial charge >= 0.3 is 6.36 Å². The third kappa shape index (κ3) is 7.47. The number of hydrogen-bond donors (Lipinski definition) is 2. The van der Waals surface area contributed by atoms with Crippen LogP contribution in [-0.2, 0) is 17.9 Å². The van der Waals surface area contributed by atoms with Crippen molar-refractivity contribution >= 4 is 23.2 Å². The first kappa shape index (κ1) is 21.5. The fourth-order valence-corrected chi connectivity index (χ4v) is 2.74. The molecule has 2 aromatic rings. The number of para-hydroxylation sites is 1. The number of nitrogens with one attached hydrogen (secondary N) is 2. The van der Waals surface area contributed by atoms with Crippen molar-refractivity contribution in [1.29, 1.82) is 0 Å². The van der Waals surface area contributed by atoms with Gasteiger partial charge in [-0.3, -0.25) is 4.79 Å². The monoisotopic (exact) mass is 414 g/mol. The van der Waals surface area contributed by atoms with Crippen LogP contribution in [0.5, 0.6) is 5.75 Å². The summed E-state index contributed by atoms with van der Waals surface area (Å²) in [6.45, 7) is 0.423. The van der Waals surface area contributed by atoms with Gasteiger partial charge < -0.3 is 20.3 Å². The van der Waals surface area contributed by atoms with E-state index in [-0.39, 0.29) is 30.3 Å². The van der Waals surface area contributed by atoms with E-state index in [1.54, 1.807) is 31.5 Å². The maximum Gasteiger partial charge on any atom is 0.573 e. The van der Waals surface area contributed by atoms with Crippen molar-refractivity contribution in [2.75, 3.05) is 20.6 Å². The van der Waals surface area contributed by atoms with Crippen molar-refractivity contribution in [3.05, 3.63) is 52.2 Å². The van der Waals surface area contributed by atoms with E-state index in [0.717, 1.165) is 4.88 Å². The first-order valence-corrected chi connectivity index (χ1v) is 9.21. The Bertz CT molecular complexity index is 792. The Morgan fingerprint density at radius 2 is 1.93 bits per heavy atom. The Labute approximate surface area is 165 Å². The molecule has 6 nitrogen and oxygen atoms in total. The zero-order valence-electron chi connectivity index (χ0n) is 15.4. The summed E-state index contributed by atoms with van der Waals surface area (Å²) in [6, 6.07) is 9.65. The number of alkyl halides is 3. The topological polar surface area (TPSA) is 66.0 Å². The van der Waals surface area contributed by atoms with E-state index in [9.17, 15) is 18.0 Å². The van der Waals surface area contributed by atoms with Crippen molar-refractivity contribution in [2.45, 2.75) is 19.5 Å². The molecule has 0 atom stereocenters. The lowest BCUT2D eigenvalue weighted by molar-refractivity contribution is -0.274. The number of likely N-dealkylation sites (N-methyl/N-ethyl adjacent to an activating group) is 1. The smallest absolute Gasteiger partial charge is 0.405 e. The molecule has 10 heteroatoms. The lowest BCUT2D eigenvalue weighted by Crippen LogP contribution is -2.42. The van der Waals surface area contributed by atoms with Crippen LogP contribution in [0.1, 0.15) is 10.4 Å². The van der Waals surface area contributed by atoms with Crippen LogP contribution in [0.4, 0.5) is 13.2 Å². The van der Waals surface area contributed by atoms with Gasteiger partial charge in [0.1, 0.15) is 5.75 Å². The molecular weight excluding hydrogens is 393 g/mol. The molecule has 0 saturated carbocycles. The number of carbonyl (C=O) groups is 1. The standard InChI is InChI=1S/C18H21F3N4O2S/c1-25(2)16(26)12-24-17(23-11-14-7-5-9-28-14)22-10-13-6-3-4-8-15(13)27-18(19,20)21/h3-9H,10-12H2,1-2H3,(H2,22,23,24). The molecule has 1 heterocycles. The van der Waals surface area contributed by atoms with E-state index in [4.69, 9.17) is 0 Å². The number of hydrogen-bond acceptors (Lipinski definition) is 4. The fourth-order valence-electron chi connectivity index (χ4n) is 2.10. The average Bonchev–Trinajstić information content (AvgIpc) is 3.14. The number of rotatable bonds is 7. The molecule has 0 unspecified atom stereocenters. The molecule has 0 aliphatic carbocycles. The van der Waals surface area contributed by atoms with Crippen LogP contribution in [0.2, 0.25) is 0 Å². The summed E-state index contributed by atoms with van der Waals surface area (Å²) in [5, 5.41) is 7.89. The van der Waals surface area contributed by atoms with E-state index in [1.165, 1.54) is 23.1 Å². The first-order chi connectivity index (χ1) is 13.2. The van der Waals surface area contributed by atoms with E-state index in [1.807, 2.05) is 17.5 Å². The minimum absolute atomic E-state index is 0.00394. The molecule has 0 bridgehead atoms. The molecule has 0 aliphatic heterocycles. The largest absolute Gasteiger partial charge is 0.573 e. The Morgan fingerprint density at radius 1 is 1.18 bits per heavy atom. The lowest BCUT2D eigenvalue weighted by Gasteiger charge is -2.15. The third-order valence-electron chi connectivity index (χ3n) is 3.52. The average molecular weight is 414 g/mol. The Hall–Kier alpha value is -2.75. The van der Waals surface area contributed by atoms with Gasteiger partial charge in [-0.15, -0.1) is 24.5 Å². The number of amides is 1. The van der Waals surface area contributed by atoms with E-state index in [2.05, 4.69) is 20.4 Å². The maximum absolute atomic E-state index is 12.6. The minimum Gasteiger partial charge on any atom is -0.405 e. The fraction of sp³-hybridized carbons (Fsp3) is 0.333. The number of guanidine groups is 1. The van der Waals surface area contributed by atoms with Gasteiger partial charge in [0.15, 0.2) is 5.96 Å². The summed E-state index contributed by atoms with van der Waals surface area (Å²) in [5.41, 5.74) is 0.274. The van der Waals surface area contributed by atoms with Crippen molar-refractivity contribution in [1.82, 2.24) is 15.5 Å². The van der Waals surface area contributed by atoms with E-state index >= 15 is 0 Å². The summed E-state index contributed by atoms with van der Waals surface area (Å²) in [4.78, 5) is 18.6. The summed E-state index contributed by atoms with van der Waals surface area (Å²) < 4.78 is 41.7. The summed E-state index contributed by atoms with van der Waals surface area (Å²) in [6.07, 6.45) is -4.78. The van der Waals surface area contributed by atoms with Gasteiger partial charge in [0.05, 0.1) is 19.6 Å². The highest BCUT2D eigenvalue weighted by Crippen LogP contribution is 2.26. The highest BCUT2D eigenvalue weighted by molar-refractivity contribution is 7.09. The van der Waals surface area contributed by atoms with Gasteiger partial charge in [0.25, 0.3) is 0 Å². The molecule has 28 heavy (non-hydrogen) atoms. The van der Waals surface area contributed by atoms with Crippen molar-refractivity contribution < 1.29 is 22.7 Å². The van der Waals surface area contributed by atoms with Crippen molar-refractivity contribution in [2.24, 2.45) is 4.99 Å². The number of nitrogens with zero attached hydrogens (tertiary/aromatic N) is 2. The second-order valence-corrected chi connectivity index (χ2v) is 6.93. The van der Waals surface area contributed by atoms with Crippen LogP contribution in [0.15, 0.2) is 46.8 Å². The Kier molecular flexibility index (Phi) is 7.68. The zero-order valence-corrected chi connectivity index (χ0v) is 16.2. The van der Waals surface area contributed by atoms with Gasteiger partial charge in [0, 0.05) is 24.5 Å². The summed E-state index contributed by atoms with van der Waals surface area (Å²) >= 11 is 1.55. The van der Waals surface area contributed by atoms with Crippen molar-refractivity contribution in [3.63, 3.8) is 0 Å². The quantitative estimate of drug-likeness (QED) is 0.540. The van der Waals surface area contributed by atoms with Crippen LogP contribution in [0, 0.1) is 0 Å². The van der Waals surface area contributed by atoms with Gasteiger partial charge in [0.2, 0.25) is 5.91 Å². The van der Waals surface area contributed by atoms with Gasteiger partial charge in [-0.25, -0.2) is 4.99 Å². The molecule has 1 aromatic heterocycles. The number of benzene rings is 1. The molecule has 0 aliphatic rings. The first-order valence-electron chi connectivity index (χ1n) is 8.33. The third-order valence-corrected chi connectivity index (χ3v) is 4.40. The Balaban J connectivity index is 2.10. The van der Waals surface area contributed by atoms with Gasteiger partial charge in [-0.05, 0) is 17.5 Å². The molecule has 0 spiro atoms. The molecule has 152 valence electrons. The molecule has 0 saturated heterocycles. The molecule has 2 rings (SSSR count). The second-order valence-electron chi connectivity index (χ2n) is 5.89. The lowest BCUT2D eigenvalue weighted by atomic mass is 10.2. The van der Waals surface area contributed by atoms with Crippen LogP contribution in [0.25, 0.3) is 0 Å². The zero-order chi connectivity index (χ0) is 20.6. The highest BCUT2D eigenvalue weighted by Gasteiger charge is 2.31. The molecule has 1 aromatic carbocycles. The minimum atomic E-state index is -4.78. The number of thiophene rings is 1. The van der Waals surface area contributed by atoms with E-state index in [0.29, 0.717) is 12.5 Å². The van der Waals surface area contributed by atoms with Crippen molar-refractivity contribution in [3.8, 4) is 5.75 Å². The molecule has 0 fully saturated rings. The van der Waals surface area contributed by atoms with Crippen LogP contribution < -0.4 is 15.4 Å². The van der Waals surface area contributed by atoms with Crippen LogP contribution >= 0.6 is 11.3 Å². The van der Waals surface area contributed by atoms with Crippen LogP contribution in [-0.4, -0.2) is 43.8 Å². The maximum atomic E-state index is 12.6.